The van der Waals surface area contributed by atoms with E-state index in [1.807, 2.05) is 27.7 Å². The van der Waals surface area contributed by atoms with Crippen LogP contribution < -0.4 is 11.1 Å². The van der Waals surface area contributed by atoms with Gasteiger partial charge in [0.2, 0.25) is 0 Å². The molecule has 0 saturated carbocycles. The van der Waals surface area contributed by atoms with Gasteiger partial charge in [0.1, 0.15) is 5.75 Å². The summed E-state index contributed by atoms with van der Waals surface area (Å²) in [5.41, 5.74) is 9.04. The molecule has 2 saturated heterocycles. The molecule has 1 aromatic rings. The summed E-state index contributed by atoms with van der Waals surface area (Å²) < 4.78 is 5.78. The van der Waals surface area contributed by atoms with E-state index in [1.165, 1.54) is 51.7 Å². The summed E-state index contributed by atoms with van der Waals surface area (Å²) in [6.45, 7) is 13.4. The largest absolute Gasteiger partial charge is 0.508 e. The Labute approximate surface area is 219 Å². The van der Waals surface area contributed by atoms with Crippen molar-refractivity contribution in [2.75, 3.05) is 39.9 Å². The van der Waals surface area contributed by atoms with Crippen molar-refractivity contribution in [1.29, 1.82) is 0 Å². The molecule has 206 valence electrons. The van der Waals surface area contributed by atoms with Crippen LogP contribution >= 0.6 is 0 Å². The van der Waals surface area contributed by atoms with Crippen molar-refractivity contribution >= 4 is 6.03 Å². The topological polar surface area (TPSA) is 108 Å². The molecule has 1 unspecified atom stereocenters. The second-order valence-electron chi connectivity index (χ2n) is 8.20. The van der Waals surface area contributed by atoms with E-state index in [0.717, 1.165) is 25.7 Å². The number of hydrogen-bond donors (Lipinski definition) is 4. The normalized spacial score (nSPS) is 18.0. The number of fused-ring (bicyclic) bond motifs is 1. The number of nitrogens with two attached hydrogens (primary N) is 1. The molecule has 2 amide bonds. The number of nitrogens with zero attached hydrogens (tertiary/aromatic N) is 1. The van der Waals surface area contributed by atoms with Crippen molar-refractivity contribution in [3.05, 3.63) is 53.1 Å². The summed E-state index contributed by atoms with van der Waals surface area (Å²) in [7, 11) is 1.00. The highest BCUT2D eigenvalue weighted by Gasteiger charge is 2.22. The van der Waals surface area contributed by atoms with Crippen LogP contribution in [0.3, 0.4) is 0 Å². The lowest BCUT2D eigenvalue weighted by molar-refractivity contribution is 0.0536. The Morgan fingerprint density at radius 1 is 1.06 bits per heavy atom. The minimum atomic E-state index is -0.515. The zero-order valence-electron chi connectivity index (χ0n) is 23.3. The predicted molar refractivity (Wildman–Crippen MR) is 150 cm³/mol. The number of likely N-dealkylation sites (tertiary alicyclic amines) is 1. The van der Waals surface area contributed by atoms with Crippen LogP contribution in [0.15, 0.2) is 47.6 Å². The van der Waals surface area contributed by atoms with Crippen LogP contribution in [0.25, 0.3) is 0 Å². The molecule has 0 bridgehead atoms. The van der Waals surface area contributed by atoms with Crippen molar-refractivity contribution in [1.82, 2.24) is 10.2 Å². The second-order valence-corrected chi connectivity index (χ2v) is 8.20. The van der Waals surface area contributed by atoms with Gasteiger partial charge in [0.05, 0.1) is 6.10 Å². The van der Waals surface area contributed by atoms with Crippen LogP contribution in [0.2, 0.25) is 0 Å². The number of amides is 2. The van der Waals surface area contributed by atoms with E-state index in [2.05, 4.69) is 22.4 Å². The van der Waals surface area contributed by atoms with Gasteiger partial charge in [0.25, 0.3) is 0 Å². The molecule has 36 heavy (non-hydrogen) atoms. The SMILES string of the molecule is C1=C(CCN2CCCC2)C=C2CCCOC2C1.CC.CC.CO.NC(=O)NCCc1ccc(O)cc1. The number of benzene rings is 1. The third-order valence-electron chi connectivity index (χ3n) is 5.87. The first-order valence-electron chi connectivity index (χ1n) is 13.6. The van der Waals surface area contributed by atoms with Gasteiger partial charge in [-0.2, -0.15) is 0 Å². The van der Waals surface area contributed by atoms with E-state index in [1.54, 1.807) is 35.4 Å². The van der Waals surface area contributed by atoms with Crippen LogP contribution in [0.1, 0.15) is 71.8 Å². The van der Waals surface area contributed by atoms with E-state index >= 15 is 0 Å². The minimum absolute atomic E-state index is 0.242. The van der Waals surface area contributed by atoms with Crippen molar-refractivity contribution in [2.45, 2.75) is 78.7 Å². The van der Waals surface area contributed by atoms with Gasteiger partial charge in [-0.15, -0.1) is 0 Å². The second kappa shape index (κ2) is 21.9. The fraction of sp³-hybridized carbons (Fsp3) is 0.621. The van der Waals surface area contributed by atoms with Crippen molar-refractivity contribution in [3.63, 3.8) is 0 Å². The van der Waals surface area contributed by atoms with Gasteiger partial charge in [-0.1, -0.05) is 57.6 Å². The predicted octanol–water partition coefficient (Wildman–Crippen LogP) is 5.17. The number of urea groups is 1. The van der Waals surface area contributed by atoms with E-state index < -0.39 is 6.03 Å². The lowest BCUT2D eigenvalue weighted by atomic mass is 9.90. The molecular weight excluding hydrogens is 454 g/mol. The molecule has 2 fully saturated rings. The number of aliphatic hydroxyl groups is 1. The molecule has 2 aliphatic heterocycles. The number of carbonyl (C=O) groups excluding carboxylic acids is 1. The number of ether oxygens (including phenoxy) is 1. The average Bonchev–Trinajstić information content (AvgIpc) is 3.46. The Bertz CT molecular complexity index is 741. The standard InChI is InChI=1S/C15H23NO.C9H12N2O2.2C2H6.CH4O/c1-2-9-16(8-1)10-7-13-5-6-15-14(12-13)4-3-11-17-15;10-9(13)11-6-5-7-1-3-8(12)4-2-7;3*1-2/h5,12,15H,1-4,6-11H2;1-4,12H,5-6H2,(H3,10,11,13);2*1-2H3;2H,1H3. The molecule has 0 aromatic heterocycles. The van der Waals surface area contributed by atoms with Crippen LogP contribution in [0.4, 0.5) is 4.79 Å². The van der Waals surface area contributed by atoms with Gasteiger partial charge >= 0.3 is 6.03 Å². The number of rotatable bonds is 6. The maximum atomic E-state index is 10.3. The third-order valence-corrected chi connectivity index (χ3v) is 5.87. The van der Waals surface area contributed by atoms with Crippen molar-refractivity contribution in [3.8, 4) is 5.75 Å². The van der Waals surface area contributed by atoms with Crippen LogP contribution in [0.5, 0.6) is 5.75 Å². The summed E-state index contributed by atoms with van der Waals surface area (Å²) in [6, 6.07) is 6.31. The first-order valence-corrected chi connectivity index (χ1v) is 13.6. The molecule has 7 nitrogen and oxygen atoms in total. The first kappa shape index (κ1) is 33.7. The smallest absolute Gasteiger partial charge is 0.312 e. The molecule has 3 aliphatic rings. The van der Waals surface area contributed by atoms with Gasteiger partial charge in [-0.05, 0) is 81.3 Å². The van der Waals surface area contributed by atoms with Gasteiger partial charge in [0.15, 0.2) is 0 Å². The summed E-state index contributed by atoms with van der Waals surface area (Å²) in [5.74, 6) is 0.242. The molecule has 0 spiro atoms. The van der Waals surface area contributed by atoms with E-state index in [-0.39, 0.29) is 5.75 Å². The Morgan fingerprint density at radius 3 is 2.31 bits per heavy atom. The summed E-state index contributed by atoms with van der Waals surface area (Å²) in [6.07, 6.45) is 13.6. The molecule has 4 rings (SSSR count). The number of aromatic hydroxyl groups is 1. The summed E-state index contributed by atoms with van der Waals surface area (Å²) in [4.78, 5) is 12.9. The fourth-order valence-corrected chi connectivity index (χ4v) is 4.17. The van der Waals surface area contributed by atoms with Crippen molar-refractivity contribution < 1.29 is 19.7 Å². The minimum Gasteiger partial charge on any atom is -0.508 e. The maximum Gasteiger partial charge on any atom is 0.312 e. The lowest BCUT2D eigenvalue weighted by Gasteiger charge is -2.29. The van der Waals surface area contributed by atoms with E-state index in [0.29, 0.717) is 19.1 Å². The van der Waals surface area contributed by atoms with Crippen LogP contribution in [-0.2, 0) is 11.2 Å². The number of aliphatic hydroxyl groups excluding tert-OH is 1. The number of carbonyl (C=O) groups is 1. The molecule has 1 aliphatic carbocycles. The highest BCUT2D eigenvalue weighted by Crippen LogP contribution is 2.29. The molecule has 1 atom stereocenters. The molecular formula is C29H51N3O4. The number of phenolic OH excluding ortho intramolecular Hbond substituents is 1. The number of primary amides is 1. The first-order chi connectivity index (χ1) is 17.6. The highest BCUT2D eigenvalue weighted by atomic mass is 16.5. The molecule has 7 heteroatoms. The van der Waals surface area contributed by atoms with Crippen molar-refractivity contribution in [2.24, 2.45) is 5.73 Å². The van der Waals surface area contributed by atoms with Gasteiger partial charge < -0.3 is 30.9 Å². The van der Waals surface area contributed by atoms with Gasteiger partial charge in [0, 0.05) is 26.8 Å². The molecule has 0 radical (unpaired) electrons. The van der Waals surface area contributed by atoms with Gasteiger partial charge in [-0.3, -0.25) is 0 Å². The molecule has 1 aromatic carbocycles. The highest BCUT2D eigenvalue weighted by molar-refractivity contribution is 5.71. The summed E-state index contributed by atoms with van der Waals surface area (Å²) >= 11 is 0. The van der Waals surface area contributed by atoms with Crippen LogP contribution in [0, 0.1) is 0 Å². The lowest BCUT2D eigenvalue weighted by Crippen LogP contribution is -2.30. The Hall–Kier alpha value is -2.35. The molecule has 5 N–H and O–H groups in total. The Morgan fingerprint density at radius 2 is 1.69 bits per heavy atom. The number of phenols is 1. The summed E-state index contributed by atoms with van der Waals surface area (Å²) in [5, 5.41) is 18.5. The van der Waals surface area contributed by atoms with Crippen LogP contribution in [-0.4, -0.2) is 67.1 Å². The quantitative estimate of drug-likeness (QED) is 0.426. The Kier molecular flexibility index (Phi) is 20.5. The zero-order chi connectivity index (χ0) is 27.2. The average molecular weight is 506 g/mol. The monoisotopic (exact) mass is 505 g/mol. The zero-order valence-corrected chi connectivity index (χ0v) is 23.3. The number of hydrogen-bond acceptors (Lipinski definition) is 5. The molecule has 2 heterocycles. The third kappa shape index (κ3) is 14.3. The van der Waals surface area contributed by atoms with Gasteiger partial charge in [-0.25, -0.2) is 4.79 Å². The fourth-order valence-electron chi connectivity index (χ4n) is 4.17. The Balaban J connectivity index is 0.000000579. The number of nitrogens with one attached hydrogen (secondary N) is 1. The number of allylic oxidation sites excluding steroid dienone is 1. The van der Waals surface area contributed by atoms with E-state index in [4.69, 9.17) is 20.7 Å². The van der Waals surface area contributed by atoms with E-state index in [9.17, 15) is 4.79 Å². The maximum absolute atomic E-state index is 10.3.